The highest BCUT2D eigenvalue weighted by Gasteiger charge is 2.20. The lowest BCUT2D eigenvalue weighted by Gasteiger charge is -2.12. The third-order valence-electron chi connectivity index (χ3n) is 2.13. The average molecular weight is 254 g/mol. The predicted molar refractivity (Wildman–Crippen MR) is 68.1 cm³/mol. The number of carbonyl (C=O) groups excluding carboxylic acids is 1. The smallest absolute Gasteiger partial charge is 0.319 e. The van der Waals surface area contributed by atoms with E-state index in [4.69, 9.17) is 4.74 Å². The highest BCUT2D eigenvalue weighted by Crippen LogP contribution is 2.23. The van der Waals surface area contributed by atoms with E-state index in [2.05, 4.69) is 9.97 Å². The van der Waals surface area contributed by atoms with Gasteiger partial charge in [-0.25, -0.2) is 9.97 Å². The third kappa shape index (κ3) is 4.34. The van der Waals surface area contributed by atoms with Gasteiger partial charge in [0.1, 0.15) is 5.25 Å². The molecule has 0 radical (unpaired) electrons. The number of carbonyl (C=O) groups is 1. The van der Waals surface area contributed by atoms with Gasteiger partial charge in [0.25, 0.3) is 0 Å². The Labute approximate surface area is 106 Å². The lowest BCUT2D eigenvalue weighted by atomic mass is 10.3. The van der Waals surface area contributed by atoms with Crippen LogP contribution in [0.1, 0.15) is 31.7 Å². The average Bonchev–Trinajstić information content (AvgIpc) is 2.24. The number of aromatic nitrogens is 2. The Morgan fingerprint density at radius 1 is 1.35 bits per heavy atom. The molecule has 1 unspecified atom stereocenters. The molecule has 0 saturated carbocycles. The molecular formula is C12H18N2O2S. The van der Waals surface area contributed by atoms with Crippen LogP contribution in [0.15, 0.2) is 11.2 Å². The van der Waals surface area contributed by atoms with Gasteiger partial charge in [-0.1, -0.05) is 18.7 Å². The quantitative estimate of drug-likeness (QED) is 0.459. The largest absolute Gasteiger partial charge is 0.465 e. The van der Waals surface area contributed by atoms with Gasteiger partial charge in [0, 0.05) is 11.4 Å². The molecule has 1 rings (SSSR count). The SMILES string of the molecule is CCOC(=O)C(CC)Sc1nc(C)cc(C)n1. The van der Waals surface area contributed by atoms with Gasteiger partial charge < -0.3 is 4.74 Å². The van der Waals surface area contributed by atoms with Crippen molar-refractivity contribution in [2.24, 2.45) is 0 Å². The molecule has 1 atom stereocenters. The van der Waals surface area contributed by atoms with Gasteiger partial charge in [0.2, 0.25) is 0 Å². The van der Waals surface area contributed by atoms with Gasteiger partial charge in [0.15, 0.2) is 5.16 Å². The molecular weight excluding hydrogens is 236 g/mol. The summed E-state index contributed by atoms with van der Waals surface area (Å²) in [7, 11) is 0. The Morgan fingerprint density at radius 2 is 1.94 bits per heavy atom. The van der Waals surface area contributed by atoms with E-state index in [1.165, 1.54) is 11.8 Å². The van der Waals surface area contributed by atoms with E-state index in [0.29, 0.717) is 18.2 Å². The molecule has 0 aliphatic heterocycles. The zero-order valence-electron chi connectivity index (χ0n) is 10.7. The van der Waals surface area contributed by atoms with Crippen molar-refractivity contribution >= 4 is 17.7 Å². The van der Waals surface area contributed by atoms with Crippen molar-refractivity contribution in [1.29, 1.82) is 0 Å². The third-order valence-corrected chi connectivity index (χ3v) is 3.33. The van der Waals surface area contributed by atoms with Crippen LogP contribution >= 0.6 is 11.8 Å². The van der Waals surface area contributed by atoms with Gasteiger partial charge in [-0.2, -0.15) is 0 Å². The van der Waals surface area contributed by atoms with E-state index < -0.39 is 0 Å². The van der Waals surface area contributed by atoms with Crippen LogP contribution in [0.4, 0.5) is 0 Å². The first-order chi connectivity index (χ1) is 8.06. The minimum atomic E-state index is -0.226. The fourth-order valence-corrected chi connectivity index (χ4v) is 2.39. The molecule has 1 aromatic rings. The summed E-state index contributed by atoms with van der Waals surface area (Å²) in [5, 5.41) is 0.415. The van der Waals surface area contributed by atoms with Gasteiger partial charge in [-0.05, 0) is 33.3 Å². The van der Waals surface area contributed by atoms with E-state index in [0.717, 1.165) is 11.4 Å². The molecule has 0 bridgehead atoms. The van der Waals surface area contributed by atoms with Crippen LogP contribution in [-0.4, -0.2) is 27.8 Å². The Balaban J connectivity index is 2.76. The van der Waals surface area contributed by atoms with Gasteiger partial charge >= 0.3 is 5.97 Å². The molecule has 0 saturated heterocycles. The first-order valence-corrected chi connectivity index (χ1v) is 6.60. The topological polar surface area (TPSA) is 52.1 Å². The maximum absolute atomic E-state index is 11.6. The summed E-state index contributed by atoms with van der Waals surface area (Å²) in [6, 6.07) is 1.91. The Hall–Kier alpha value is -1.10. The van der Waals surface area contributed by atoms with Crippen LogP contribution in [0, 0.1) is 13.8 Å². The van der Waals surface area contributed by atoms with Crippen molar-refractivity contribution in [2.75, 3.05) is 6.61 Å². The summed E-state index contributed by atoms with van der Waals surface area (Å²) in [5.41, 5.74) is 1.83. The van der Waals surface area contributed by atoms with Crippen LogP contribution in [0.5, 0.6) is 0 Å². The van der Waals surface area contributed by atoms with Gasteiger partial charge in [-0.3, -0.25) is 4.79 Å². The van der Waals surface area contributed by atoms with Crippen LogP contribution in [0.3, 0.4) is 0 Å². The highest BCUT2D eigenvalue weighted by molar-refractivity contribution is 8.00. The standard InChI is InChI=1S/C12H18N2O2S/c1-5-10(11(15)16-6-2)17-12-13-8(3)7-9(4)14-12/h7,10H,5-6H2,1-4H3. The second-order valence-electron chi connectivity index (χ2n) is 3.70. The Kier molecular flexibility index (Phi) is 5.41. The summed E-state index contributed by atoms with van der Waals surface area (Å²) in [5.74, 6) is -0.192. The summed E-state index contributed by atoms with van der Waals surface area (Å²) < 4.78 is 5.01. The van der Waals surface area contributed by atoms with E-state index in [-0.39, 0.29) is 11.2 Å². The molecule has 5 heteroatoms. The number of hydrogen-bond donors (Lipinski definition) is 0. The molecule has 17 heavy (non-hydrogen) atoms. The summed E-state index contributed by atoms with van der Waals surface area (Å²) >= 11 is 1.37. The zero-order chi connectivity index (χ0) is 12.8. The number of rotatable bonds is 5. The van der Waals surface area contributed by atoms with Gasteiger partial charge in [0.05, 0.1) is 6.61 Å². The number of thioether (sulfide) groups is 1. The second kappa shape index (κ2) is 6.59. The number of hydrogen-bond acceptors (Lipinski definition) is 5. The molecule has 0 fully saturated rings. The van der Waals surface area contributed by atoms with Crippen LogP contribution < -0.4 is 0 Å². The van der Waals surface area contributed by atoms with Crippen molar-refractivity contribution in [3.05, 3.63) is 17.5 Å². The number of nitrogens with zero attached hydrogens (tertiary/aromatic N) is 2. The highest BCUT2D eigenvalue weighted by atomic mass is 32.2. The van der Waals surface area contributed by atoms with Crippen LogP contribution in [-0.2, 0) is 9.53 Å². The zero-order valence-corrected chi connectivity index (χ0v) is 11.5. The first kappa shape index (κ1) is 14.0. The number of esters is 1. The van der Waals surface area contributed by atoms with Crippen LogP contribution in [0.25, 0.3) is 0 Å². The van der Waals surface area contributed by atoms with Crippen LogP contribution in [0.2, 0.25) is 0 Å². The Morgan fingerprint density at radius 3 is 2.41 bits per heavy atom. The van der Waals surface area contributed by atoms with Gasteiger partial charge in [-0.15, -0.1) is 0 Å². The molecule has 94 valence electrons. The van der Waals surface area contributed by atoms with E-state index in [1.807, 2.05) is 33.8 Å². The predicted octanol–water partition coefficient (Wildman–Crippen LogP) is 2.53. The lowest BCUT2D eigenvalue weighted by Crippen LogP contribution is -2.19. The number of aryl methyl sites for hydroxylation is 2. The lowest BCUT2D eigenvalue weighted by molar-refractivity contribution is -0.142. The molecule has 0 aliphatic rings. The van der Waals surface area contributed by atoms with E-state index in [9.17, 15) is 4.79 Å². The van der Waals surface area contributed by atoms with Crippen molar-refractivity contribution in [3.8, 4) is 0 Å². The summed E-state index contributed by atoms with van der Waals surface area (Å²) in [4.78, 5) is 20.3. The fourth-order valence-electron chi connectivity index (χ4n) is 1.41. The molecule has 0 aromatic carbocycles. The molecule has 4 nitrogen and oxygen atoms in total. The minimum absolute atomic E-state index is 0.192. The van der Waals surface area contributed by atoms with E-state index in [1.54, 1.807) is 0 Å². The monoisotopic (exact) mass is 254 g/mol. The van der Waals surface area contributed by atoms with Crippen molar-refractivity contribution in [3.63, 3.8) is 0 Å². The normalized spacial score (nSPS) is 12.2. The summed E-state index contributed by atoms with van der Waals surface area (Å²) in [6.45, 7) is 8.01. The maximum atomic E-state index is 11.6. The van der Waals surface area contributed by atoms with Crippen molar-refractivity contribution < 1.29 is 9.53 Å². The number of ether oxygens (including phenoxy) is 1. The fraction of sp³-hybridized carbons (Fsp3) is 0.583. The molecule has 0 N–H and O–H groups in total. The maximum Gasteiger partial charge on any atom is 0.319 e. The first-order valence-electron chi connectivity index (χ1n) is 5.72. The minimum Gasteiger partial charge on any atom is -0.465 e. The molecule has 0 amide bonds. The van der Waals surface area contributed by atoms with Crippen molar-refractivity contribution in [2.45, 2.75) is 44.5 Å². The Bertz CT molecular complexity index is 376. The van der Waals surface area contributed by atoms with Crippen molar-refractivity contribution in [1.82, 2.24) is 9.97 Å². The summed E-state index contributed by atoms with van der Waals surface area (Å²) in [6.07, 6.45) is 0.708. The molecule has 0 spiro atoms. The molecule has 1 aromatic heterocycles. The molecule has 1 heterocycles. The van der Waals surface area contributed by atoms with E-state index >= 15 is 0 Å². The second-order valence-corrected chi connectivity index (χ2v) is 4.87. The molecule has 0 aliphatic carbocycles.